The lowest BCUT2D eigenvalue weighted by molar-refractivity contribution is 0.628. The maximum absolute atomic E-state index is 13.4. The van der Waals surface area contributed by atoms with Gasteiger partial charge in [-0.3, -0.25) is 0 Å². The van der Waals surface area contributed by atoms with Gasteiger partial charge < -0.3 is 14.2 Å². The van der Waals surface area contributed by atoms with Gasteiger partial charge in [-0.1, -0.05) is 60.2 Å². The molecule has 0 aliphatic carbocycles. The third-order valence-electron chi connectivity index (χ3n) is 7.82. The first-order valence-electron chi connectivity index (χ1n) is 14.0. The molecule has 0 atom stereocenters. The average Bonchev–Trinajstić information content (AvgIpc) is 3.40. The SMILES string of the molecule is Cc1ccc(-c2ccc(N(c3ccccc3)c3ccc4c(c3)oc3cc(N(C)c5ccc(F)cc5)ccc34)cc2)cc1. The van der Waals surface area contributed by atoms with Gasteiger partial charge in [0.05, 0.1) is 0 Å². The molecule has 6 aromatic carbocycles. The first-order chi connectivity index (χ1) is 20.5. The van der Waals surface area contributed by atoms with Crippen LogP contribution in [0, 0.1) is 12.7 Å². The van der Waals surface area contributed by atoms with E-state index in [1.807, 2.05) is 24.1 Å². The second kappa shape index (κ2) is 10.6. The third kappa shape index (κ3) is 4.77. The van der Waals surface area contributed by atoms with Crippen LogP contribution in [0.5, 0.6) is 0 Å². The van der Waals surface area contributed by atoms with Gasteiger partial charge in [0.25, 0.3) is 0 Å². The molecule has 0 saturated heterocycles. The largest absolute Gasteiger partial charge is 0.456 e. The molecule has 0 aliphatic heterocycles. The van der Waals surface area contributed by atoms with Gasteiger partial charge in [0.2, 0.25) is 0 Å². The zero-order chi connectivity index (χ0) is 28.6. The van der Waals surface area contributed by atoms with E-state index in [2.05, 4.69) is 115 Å². The minimum absolute atomic E-state index is 0.248. The van der Waals surface area contributed by atoms with E-state index in [0.29, 0.717) is 0 Å². The summed E-state index contributed by atoms with van der Waals surface area (Å²) in [5.41, 5.74) is 10.3. The number of para-hydroxylation sites is 1. The topological polar surface area (TPSA) is 19.6 Å². The van der Waals surface area contributed by atoms with E-state index in [1.165, 1.54) is 28.8 Å². The molecule has 1 heterocycles. The minimum Gasteiger partial charge on any atom is -0.456 e. The Morgan fingerprint density at radius 3 is 1.64 bits per heavy atom. The van der Waals surface area contributed by atoms with Crippen LogP contribution in [0.25, 0.3) is 33.1 Å². The van der Waals surface area contributed by atoms with Crippen molar-refractivity contribution < 1.29 is 8.81 Å². The fraction of sp³-hybridized carbons (Fsp3) is 0.0526. The van der Waals surface area contributed by atoms with Crippen LogP contribution < -0.4 is 9.80 Å². The summed E-state index contributed by atoms with van der Waals surface area (Å²) in [5, 5.41) is 2.12. The van der Waals surface area contributed by atoms with Crippen LogP contribution in [-0.4, -0.2) is 7.05 Å². The lowest BCUT2D eigenvalue weighted by Gasteiger charge is -2.25. The highest BCUT2D eigenvalue weighted by Crippen LogP contribution is 2.40. The van der Waals surface area contributed by atoms with Gasteiger partial charge >= 0.3 is 0 Å². The van der Waals surface area contributed by atoms with Crippen molar-refractivity contribution in [3.8, 4) is 11.1 Å². The number of fused-ring (bicyclic) bond motifs is 3. The van der Waals surface area contributed by atoms with E-state index < -0.39 is 0 Å². The first-order valence-corrected chi connectivity index (χ1v) is 14.0. The van der Waals surface area contributed by atoms with Gasteiger partial charge in [-0.2, -0.15) is 0 Å². The Bertz CT molecular complexity index is 1990. The lowest BCUT2D eigenvalue weighted by Crippen LogP contribution is -2.09. The minimum atomic E-state index is -0.248. The zero-order valence-electron chi connectivity index (χ0n) is 23.5. The first kappa shape index (κ1) is 25.6. The maximum atomic E-state index is 13.4. The number of aryl methyl sites for hydroxylation is 1. The van der Waals surface area contributed by atoms with E-state index in [9.17, 15) is 4.39 Å². The molecule has 0 radical (unpaired) electrons. The zero-order valence-corrected chi connectivity index (χ0v) is 23.5. The lowest BCUT2D eigenvalue weighted by atomic mass is 10.0. The fourth-order valence-electron chi connectivity index (χ4n) is 5.49. The smallest absolute Gasteiger partial charge is 0.137 e. The number of halogens is 1. The summed E-state index contributed by atoms with van der Waals surface area (Å²) in [6.07, 6.45) is 0. The summed E-state index contributed by atoms with van der Waals surface area (Å²) in [4.78, 5) is 4.27. The summed E-state index contributed by atoms with van der Waals surface area (Å²) in [7, 11) is 1.97. The van der Waals surface area contributed by atoms with Crippen molar-refractivity contribution >= 4 is 50.4 Å². The molecule has 0 unspecified atom stereocenters. The van der Waals surface area contributed by atoms with Gasteiger partial charge in [-0.15, -0.1) is 0 Å². The normalized spacial score (nSPS) is 11.2. The summed E-state index contributed by atoms with van der Waals surface area (Å²) < 4.78 is 19.9. The number of hydrogen-bond donors (Lipinski definition) is 0. The molecule has 7 aromatic rings. The molecule has 3 nitrogen and oxygen atoms in total. The molecule has 1 aromatic heterocycles. The van der Waals surface area contributed by atoms with Crippen molar-refractivity contribution in [2.24, 2.45) is 0 Å². The summed E-state index contributed by atoms with van der Waals surface area (Å²) >= 11 is 0. The van der Waals surface area contributed by atoms with Gasteiger partial charge in [0.15, 0.2) is 0 Å². The van der Waals surface area contributed by atoms with Crippen LogP contribution in [-0.2, 0) is 0 Å². The van der Waals surface area contributed by atoms with Gasteiger partial charge in [0.1, 0.15) is 17.0 Å². The van der Waals surface area contributed by atoms with Crippen molar-refractivity contribution in [3.63, 3.8) is 0 Å². The fourth-order valence-corrected chi connectivity index (χ4v) is 5.49. The standard InChI is InChI=1S/C38H29FN2O/c1-26-8-10-27(11-9-26)28-12-16-32(17-13-28)41(31-6-4-3-5-7-31)34-21-23-36-35-22-20-33(24-37(35)42-38(36)25-34)40(2)30-18-14-29(39)15-19-30/h3-25H,1-2H3. The van der Waals surface area contributed by atoms with Gasteiger partial charge in [-0.05, 0) is 90.8 Å². The number of rotatable bonds is 6. The molecule has 0 amide bonds. The predicted molar refractivity (Wildman–Crippen MR) is 173 cm³/mol. The Hall–Kier alpha value is -5.35. The summed E-state index contributed by atoms with van der Waals surface area (Å²) in [5.74, 6) is -0.248. The quantitative estimate of drug-likeness (QED) is 0.206. The molecule has 4 heteroatoms. The average molecular weight is 549 g/mol. The van der Waals surface area contributed by atoms with Crippen LogP contribution in [0.3, 0.4) is 0 Å². The van der Waals surface area contributed by atoms with Gasteiger partial charge in [-0.25, -0.2) is 4.39 Å². The van der Waals surface area contributed by atoms with Crippen LogP contribution in [0.2, 0.25) is 0 Å². The maximum Gasteiger partial charge on any atom is 0.137 e. The molecule has 42 heavy (non-hydrogen) atoms. The number of anilines is 5. The molecule has 7 rings (SSSR count). The Morgan fingerprint density at radius 1 is 0.500 bits per heavy atom. The van der Waals surface area contributed by atoms with Crippen molar-refractivity contribution in [2.75, 3.05) is 16.8 Å². The summed E-state index contributed by atoms with van der Waals surface area (Å²) in [6, 6.07) is 46.8. The molecular weight excluding hydrogens is 519 g/mol. The van der Waals surface area contributed by atoms with E-state index in [0.717, 1.165) is 50.4 Å². The van der Waals surface area contributed by atoms with Crippen molar-refractivity contribution in [3.05, 3.63) is 151 Å². The van der Waals surface area contributed by atoms with E-state index in [1.54, 1.807) is 12.1 Å². The predicted octanol–water partition coefficient (Wildman–Crippen LogP) is 10.9. The Morgan fingerprint density at radius 2 is 1.00 bits per heavy atom. The molecule has 204 valence electrons. The molecule has 0 saturated carbocycles. The van der Waals surface area contributed by atoms with E-state index in [4.69, 9.17) is 4.42 Å². The number of nitrogens with zero attached hydrogens (tertiary/aromatic N) is 2. The molecule has 0 N–H and O–H groups in total. The van der Waals surface area contributed by atoms with E-state index in [-0.39, 0.29) is 5.82 Å². The Balaban J connectivity index is 1.27. The Labute approximate surface area is 244 Å². The molecule has 0 fully saturated rings. The molecule has 0 spiro atoms. The Kier molecular flexibility index (Phi) is 6.44. The van der Waals surface area contributed by atoms with Crippen LogP contribution in [0.4, 0.5) is 32.8 Å². The van der Waals surface area contributed by atoms with Crippen molar-refractivity contribution in [1.29, 1.82) is 0 Å². The monoisotopic (exact) mass is 548 g/mol. The van der Waals surface area contributed by atoms with Gasteiger partial charge in [0, 0.05) is 58.4 Å². The van der Waals surface area contributed by atoms with Crippen molar-refractivity contribution in [1.82, 2.24) is 0 Å². The van der Waals surface area contributed by atoms with Crippen LogP contribution in [0.15, 0.2) is 144 Å². The molecule has 0 aliphatic rings. The highest BCUT2D eigenvalue weighted by Gasteiger charge is 2.16. The van der Waals surface area contributed by atoms with Crippen LogP contribution >= 0.6 is 0 Å². The summed E-state index contributed by atoms with van der Waals surface area (Å²) in [6.45, 7) is 2.11. The highest BCUT2D eigenvalue weighted by molar-refractivity contribution is 6.07. The third-order valence-corrected chi connectivity index (χ3v) is 7.82. The molecular formula is C38H29FN2O. The number of hydrogen-bond acceptors (Lipinski definition) is 3. The van der Waals surface area contributed by atoms with Crippen molar-refractivity contribution in [2.45, 2.75) is 6.92 Å². The number of benzene rings is 6. The second-order valence-corrected chi connectivity index (χ2v) is 10.6. The molecule has 0 bridgehead atoms. The van der Waals surface area contributed by atoms with Crippen LogP contribution in [0.1, 0.15) is 5.56 Å². The highest BCUT2D eigenvalue weighted by atomic mass is 19.1. The van der Waals surface area contributed by atoms with E-state index >= 15 is 0 Å². The number of furan rings is 1. The second-order valence-electron chi connectivity index (χ2n) is 10.6.